The number of hydrogen-bond acceptors (Lipinski definition) is 2. The zero-order valence-electron chi connectivity index (χ0n) is 32.9. The summed E-state index contributed by atoms with van der Waals surface area (Å²) in [6.45, 7) is 0. The zero-order valence-corrected chi connectivity index (χ0v) is 32.9. The summed E-state index contributed by atoms with van der Waals surface area (Å²) in [6.07, 6.45) is 0. The Morgan fingerprint density at radius 3 is 1.32 bits per heavy atom. The predicted octanol–water partition coefficient (Wildman–Crippen LogP) is 16.5. The molecular weight excluding hydrogens is 727 g/mol. The van der Waals surface area contributed by atoms with Crippen molar-refractivity contribution in [2.24, 2.45) is 0 Å². The molecule has 0 spiro atoms. The molecule has 11 aromatic rings. The third-order valence-electron chi connectivity index (χ3n) is 11.7. The van der Waals surface area contributed by atoms with Gasteiger partial charge in [-0.1, -0.05) is 182 Å². The zero-order chi connectivity index (χ0) is 39.8. The van der Waals surface area contributed by atoms with Crippen LogP contribution in [0.4, 0.5) is 17.1 Å². The fraction of sp³-hybridized carbons (Fsp3) is 0. The molecule has 0 unspecified atom stereocenters. The van der Waals surface area contributed by atoms with E-state index in [4.69, 9.17) is 4.42 Å². The van der Waals surface area contributed by atoms with E-state index in [-0.39, 0.29) is 0 Å². The van der Waals surface area contributed by atoms with Gasteiger partial charge in [-0.2, -0.15) is 0 Å². The lowest BCUT2D eigenvalue weighted by molar-refractivity contribution is 0.669. The fourth-order valence-electron chi connectivity index (χ4n) is 8.65. The molecule has 60 heavy (non-hydrogen) atoms. The molecule has 0 aliphatic rings. The Labute approximate surface area is 349 Å². The Hall–Kier alpha value is -7.94. The van der Waals surface area contributed by atoms with E-state index in [9.17, 15) is 0 Å². The SMILES string of the molecule is c1ccc(-c2cccc(-c3ccc(N(c4ccc(-c5ccc(-c6ccc7oc8ccccc8c7c6)cc5)cc4)c4ccc(-c5ccccc5)c5ccccc45)cc3)c2)cc1. The van der Waals surface area contributed by atoms with Crippen LogP contribution < -0.4 is 4.90 Å². The van der Waals surface area contributed by atoms with Crippen LogP contribution in [0.2, 0.25) is 0 Å². The standard InChI is InChI=1S/C58H39NO/c1-3-12-40(13-4-1)46-16-11-17-47(38-46)44-28-33-50(34-29-44)59(56-36-35-51(45-14-5-2-6-15-45)52-18-7-8-19-53(52)56)49-31-26-42(27-32-49)41-22-24-43(25-23-41)48-30-37-58-55(39-48)54-20-9-10-21-57(54)60-58/h1-39H. The first-order valence-corrected chi connectivity index (χ1v) is 20.5. The molecule has 0 N–H and O–H groups in total. The Bertz CT molecular complexity index is 3270. The lowest BCUT2D eigenvalue weighted by atomic mass is 9.96. The van der Waals surface area contributed by atoms with Gasteiger partial charge in [0.2, 0.25) is 0 Å². The van der Waals surface area contributed by atoms with E-state index in [2.05, 4.69) is 229 Å². The normalized spacial score (nSPS) is 11.3. The number of rotatable bonds is 8. The fourth-order valence-corrected chi connectivity index (χ4v) is 8.65. The van der Waals surface area contributed by atoms with E-state index in [0.29, 0.717) is 0 Å². The average molecular weight is 766 g/mol. The first-order valence-electron chi connectivity index (χ1n) is 20.5. The number of furan rings is 1. The van der Waals surface area contributed by atoms with Gasteiger partial charge in [0, 0.05) is 27.5 Å². The van der Waals surface area contributed by atoms with Gasteiger partial charge in [-0.05, 0) is 116 Å². The van der Waals surface area contributed by atoms with Crippen LogP contribution in [0.1, 0.15) is 0 Å². The summed E-state index contributed by atoms with van der Waals surface area (Å²) >= 11 is 0. The minimum Gasteiger partial charge on any atom is -0.456 e. The van der Waals surface area contributed by atoms with Crippen molar-refractivity contribution in [2.45, 2.75) is 0 Å². The summed E-state index contributed by atoms with van der Waals surface area (Å²) < 4.78 is 6.09. The molecule has 10 aromatic carbocycles. The highest BCUT2D eigenvalue weighted by atomic mass is 16.3. The maximum Gasteiger partial charge on any atom is 0.135 e. The van der Waals surface area contributed by atoms with Crippen molar-refractivity contribution in [3.8, 4) is 55.6 Å². The van der Waals surface area contributed by atoms with Crippen LogP contribution >= 0.6 is 0 Å². The molecule has 1 heterocycles. The second kappa shape index (κ2) is 15.1. The molecule has 0 saturated carbocycles. The van der Waals surface area contributed by atoms with Crippen molar-refractivity contribution in [3.63, 3.8) is 0 Å². The van der Waals surface area contributed by atoms with Gasteiger partial charge in [0.1, 0.15) is 11.2 Å². The van der Waals surface area contributed by atoms with Crippen molar-refractivity contribution in [3.05, 3.63) is 237 Å². The van der Waals surface area contributed by atoms with Gasteiger partial charge in [0.25, 0.3) is 0 Å². The van der Waals surface area contributed by atoms with Crippen molar-refractivity contribution in [2.75, 3.05) is 4.90 Å². The van der Waals surface area contributed by atoms with Gasteiger partial charge >= 0.3 is 0 Å². The lowest BCUT2D eigenvalue weighted by Gasteiger charge is -2.28. The third-order valence-corrected chi connectivity index (χ3v) is 11.7. The van der Waals surface area contributed by atoms with Gasteiger partial charge in [0.15, 0.2) is 0 Å². The molecular formula is C58H39NO. The molecule has 0 saturated heterocycles. The van der Waals surface area contributed by atoms with Crippen LogP contribution in [0.5, 0.6) is 0 Å². The summed E-state index contributed by atoms with van der Waals surface area (Å²) in [5.41, 5.74) is 17.1. The van der Waals surface area contributed by atoms with Gasteiger partial charge in [-0.15, -0.1) is 0 Å². The largest absolute Gasteiger partial charge is 0.456 e. The molecule has 282 valence electrons. The van der Waals surface area contributed by atoms with Crippen LogP contribution in [0.15, 0.2) is 241 Å². The highest BCUT2D eigenvalue weighted by Crippen LogP contribution is 2.43. The molecule has 11 rings (SSSR count). The average Bonchev–Trinajstić information content (AvgIpc) is 3.71. The first-order chi connectivity index (χ1) is 29.7. The third kappa shape index (κ3) is 6.51. The topological polar surface area (TPSA) is 16.4 Å². The minimum atomic E-state index is 0.912. The Balaban J connectivity index is 0.958. The Morgan fingerprint density at radius 2 is 0.683 bits per heavy atom. The van der Waals surface area contributed by atoms with Crippen LogP contribution in [0.3, 0.4) is 0 Å². The quantitative estimate of drug-likeness (QED) is 0.153. The van der Waals surface area contributed by atoms with E-state index in [1.54, 1.807) is 0 Å². The van der Waals surface area contributed by atoms with Gasteiger partial charge in [-0.25, -0.2) is 0 Å². The summed E-state index contributed by atoms with van der Waals surface area (Å²) in [5.74, 6) is 0. The number of benzene rings is 10. The monoisotopic (exact) mass is 765 g/mol. The molecule has 1 aromatic heterocycles. The van der Waals surface area contributed by atoms with Crippen molar-refractivity contribution < 1.29 is 4.42 Å². The van der Waals surface area contributed by atoms with Gasteiger partial charge in [-0.3, -0.25) is 0 Å². The van der Waals surface area contributed by atoms with Crippen molar-refractivity contribution in [1.29, 1.82) is 0 Å². The van der Waals surface area contributed by atoms with Crippen LogP contribution in [-0.4, -0.2) is 0 Å². The van der Waals surface area contributed by atoms with Gasteiger partial charge < -0.3 is 9.32 Å². The van der Waals surface area contributed by atoms with Crippen LogP contribution in [0.25, 0.3) is 88.3 Å². The highest BCUT2D eigenvalue weighted by Gasteiger charge is 2.18. The summed E-state index contributed by atoms with van der Waals surface area (Å²) in [7, 11) is 0. The van der Waals surface area contributed by atoms with Gasteiger partial charge in [0.05, 0.1) is 5.69 Å². The smallest absolute Gasteiger partial charge is 0.135 e. The molecule has 0 aliphatic heterocycles. The van der Waals surface area contributed by atoms with Crippen molar-refractivity contribution in [1.82, 2.24) is 0 Å². The summed E-state index contributed by atoms with van der Waals surface area (Å²) in [4.78, 5) is 2.39. The van der Waals surface area contributed by atoms with E-state index in [0.717, 1.165) is 39.0 Å². The lowest BCUT2D eigenvalue weighted by Crippen LogP contribution is -2.10. The molecule has 0 aliphatic carbocycles. The Morgan fingerprint density at radius 1 is 0.250 bits per heavy atom. The van der Waals surface area contributed by atoms with E-state index in [1.165, 1.54) is 66.4 Å². The maximum atomic E-state index is 6.09. The van der Waals surface area contributed by atoms with Crippen molar-refractivity contribution >= 4 is 49.8 Å². The number of anilines is 3. The molecule has 0 bridgehead atoms. The number of para-hydroxylation sites is 1. The minimum absolute atomic E-state index is 0.912. The van der Waals surface area contributed by atoms with Crippen LogP contribution in [-0.2, 0) is 0 Å². The predicted molar refractivity (Wildman–Crippen MR) is 253 cm³/mol. The summed E-state index contributed by atoms with van der Waals surface area (Å²) in [5, 5.41) is 4.70. The Kier molecular flexibility index (Phi) is 8.87. The highest BCUT2D eigenvalue weighted by molar-refractivity contribution is 6.07. The van der Waals surface area contributed by atoms with E-state index < -0.39 is 0 Å². The molecule has 0 amide bonds. The molecule has 0 radical (unpaired) electrons. The van der Waals surface area contributed by atoms with Crippen LogP contribution in [0, 0.1) is 0 Å². The number of nitrogens with zero attached hydrogens (tertiary/aromatic N) is 1. The molecule has 0 fully saturated rings. The molecule has 0 atom stereocenters. The molecule has 2 heteroatoms. The number of fused-ring (bicyclic) bond motifs is 4. The van der Waals surface area contributed by atoms with E-state index in [1.807, 2.05) is 12.1 Å². The second-order valence-corrected chi connectivity index (χ2v) is 15.3. The van der Waals surface area contributed by atoms with E-state index >= 15 is 0 Å². The maximum absolute atomic E-state index is 6.09. The number of hydrogen-bond donors (Lipinski definition) is 0. The first kappa shape index (κ1) is 35.2. The molecule has 2 nitrogen and oxygen atoms in total. The second-order valence-electron chi connectivity index (χ2n) is 15.3. The summed E-state index contributed by atoms with van der Waals surface area (Å²) in [6, 6.07) is 84.9.